The van der Waals surface area contributed by atoms with Crippen LogP contribution in [0, 0.1) is 0 Å². The molecule has 2 aromatic rings. The third-order valence-electron chi connectivity index (χ3n) is 6.05. The number of ketones is 1. The van der Waals surface area contributed by atoms with Gasteiger partial charge in [-0.3, -0.25) is 19.2 Å². The van der Waals surface area contributed by atoms with Crippen LogP contribution in [0.1, 0.15) is 43.2 Å². The molecule has 2 rings (SSSR count). The first kappa shape index (κ1) is 32.9. The van der Waals surface area contributed by atoms with E-state index in [2.05, 4.69) is 21.3 Å². The third kappa shape index (κ3) is 13.1. The zero-order valence-electron chi connectivity index (χ0n) is 23.1. The van der Waals surface area contributed by atoms with Crippen molar-refractivity contribution >= 4 is 29.6 Å². The van der Waals surface area contributed by atoms with E-state index in [4.69, 9.17) is 16.2 Å². The lowest BCUT2D eigenvalue weighted by molar-refractivity contribution is -0.140. The topological polar surface area (TPSA) is 195 Å². The molecule has 222 valence electrons. The van der Waals surface area contributed by atoms with Gasteiger partial charge in [0.05, 0.1) is 6.04 Å². The zero-order valence-corrected chi connectivity index (χ0v) is 23.1. The van der Waals surface area contributed by atoms with Crippen LogP contribution in [-0.2, 0) is 37.1 Å². The van der Waals surface area contributed by atoms with E-state index >= 15 is 0 Å². The molecule has 0 aliphatic carbocycles. The van der Waals surface area contributed by atoms with Crippen LogP contribution in [0.15, 0.2) is 60.7 Å². The maximum absolute atomic E-state index is 13.3. The van der Waals surface area contributed by atoms with E-state index in [1.807, 2.05) is 36.4 Å². The molecule has 0 radical (unpaired) electrons. The van der Waals surface area contributed by atoms with Crippen LogP contribution in [0.25, 0.3) is 0 Å². The van der Waals surface area contributed by atoms with Crippen molar-refractivity contribution in [3.8, 4) is 0 Å². The van der Waals surface area contributed by atoms with Crippen LogP contribution >= 0.6 is 0 Å². The molecular weight excluding hydrogens is 528 g/mol. The first-order valence-corrected chi connectivity index (χ1v) is 13.6. The molecule has 0 spiro atoms. The second-order valence-corrected chi connectivity index (χ2v) is 9.31. The van der Waals surface area contributed by atoms with Gasteiger partial charge in [0.15, 0.2) is 0 Å². The summed E-state index contributed by atoms with van der Waals surface area (Å²) in [7, 11) is 0. The van der Waals surface area contributed by atoms with E-state index in [9.17, 15) is 24.0 Å². The third-order valence-corrected chi connectivity index (χ3v) is 6.05. The van der Waals surface area contributed by atoms with E-state index in [1.165, 1.54) is 0 Å². The average molecular weight is 569 g/mol. The fourth-order valence-corrected chi connectivity index (χ4v) is 3.81. The van der Waals surface area contributed by atoms with Gasteiger partial charge in [0.2, 0.25) is 17.6 Å². The molecule has 8 N–H and O–H groups in total. The number of unbranched alkanes of at least 4 members (excludes halogenated alkanes) is 1. The molecule has 0 aliphatic rings. The van der Waals surface area contributed by atoms with Crippen molar-refractivity contribution in [2.75, 3.05) is 19.6 Å². The Morgan fingerprint density at radius 3 is 2.02 bits per heavy atom. The van der Waals surface area contributed by atoms with E-state index in [1.54, 1.807) is 24.3 Å². The molecule has 0 heterocycles. The Morgan fingerprint density at radius 2 is 1.39 bits per heavy atom. The lowest BCUT2D eigenvalue weighted by Gasteiger charge is -2.22. The number of rotatable bonds is 18. The minimum absolute atomic E-state index is 0.0280. The van der Waals surface area contributed by atoms with Crippen molar-refractivity contribution in [3.63, 3.8) is 0 Å². The van der Waals surface area contributed by atoms with Gasteiger partial charge in [-0.25, -0.2) is 4.79 Å². The Balaban J connectivity index is 2.08. The van der Waals surface area contributed by atoms with Gasteiger partial charge >= 0.3 is 6.09 Å². The molecule has 0 aliphatic heterocycles. The smallest absolute Gasteiger partial charge is 0.408 e. The predicted molar refractivity (Wildman–Crippen MR) is 153 cm³/mol. The number of amides is 4. The molecule has 4 amide bonds. The Kier molecular flexibility index (Phi) is 15.2. The highest BCUT2D eigenvalue weighted by Crippen LogP contribution is 2.07. The zero-order chi connectivity index (χ0) is 29.9. The van der Waals surface area contributed by atoms with Gasteiger partial charge in [-0.15, -0.1) is 0 Å². The minimum Gasteiger partial charge on any atom is -0.445 e. The number of nitrogens with two attached hydrogens (primary N) is 2. The number of hydrogen-bond donors (Lipinski definition) is 6. The van der Waals surface area contributed by atoms with Crippen LogP contribution in [-0.4, -0.2) is 61.3 Å². The van der Waals surface area contributed by atoms with Crippen molar-refractivity contribution < 1.29 is 28.7 Å². The fourth-order valence-electron chi connectivity index (χ4n) is 3.81. The van der Waals surface area contributed by atoms with Crippen LogP contribution in [0.4, 0.5) is 4.79 Å². The number of hydrogen-bond acceptors (Lipinski definition) is 8. The number of alkyl carbamates (subject to hydrolysis) is 1. The maximum atomic E-state index is 13.3. The number of Topliss-reactive ketones (excluding diaryl/α,β-unsaturated/α-hetero) is 1. The lowest BCUT2D eigenvalue weighted by atomic mass is 10.0. The van der Waals surface area contributed by atoms with Crippen molar-refractivity contribution in [2.45, 2.75) is 57.3 Å². The van der Waals surface area contributed by atoms with Crippen LogP contribution < -0.4 is 32.7 Å². The van der Waals surface area contributed by atoms with E-state index in [0.717, 1.165) is 11.1 Å². The molecule has 2 atom stereocenters. The van der Waals surface area contributed by atoms with E-state index < -0.39 is 35.8 Å². The van der Waals surface area contributed by atoms with Crippen molar-refractivity contribution in [1.82, 2.24) is 21.3 Å². The van der Waals surface area contributed by atoms with Crippen LogP contribution in [0.5, 0.6) is 0 Å². The van der Waals surface area contributed by atoms with Crippen molar-refractivity contribution in [2.24, 2.45) is 11.5 Å². The van der Waals surface area contributed by atoms with Gasteiger partial charge in [0.1, 0.15) is 12.6 Å². The molecule has 0 saturated carbocycles. The normalized spacial score (nSPS) is 12.0. The molecule has 12 heteroatoms. The standard InChI is InChI=1S/C29H40N6O6/c30-16-8-7-13-23(26(37)28(39)33-19-21-9-3-1-4-10-21)34-27(38)24(14-15-25(36)32-18-17-31)35-29(40)41-20-22-11-5-2-6-12-22/h1-6,9-12,23-24H,7-8,13-20,30-31H2,(H,32,36)(H,33,39)(H,34,38)(H,35,40)/t23-,24-/m0/s1. The molecule has 41 heavy (non-hydrogen) atoms. The Hall–Kier alpha value is -4.29. The lowest BCUT2D eigenvalue weighted by Crippen LogP contribution is -2.54. The molecule has 0 fully saturated rings. The van der Waals surface area contributed by atoms with Gasteiger partial charge < -0.3 is 37.5 Å². The van der Waals surface area contributed by atoms with Gasteiger partial charge in [-0.05, 0) is 43.4 Å². The minimum atomic E-state index is -1.21. The first-order valence-electron chi connectivity index (χ1n) is 13.6. The number of benzene rings is 2. The molecule has 0 unspecified atom stereocenters. The monoisotopic (exact) mass is 568 g/mol. The Bertz CT molecular complexity index is 1120. The highest BCUT2D eigenvalue weighted by Gasteiger charge is 2.30. The summed E-state index contributed by atoms with van der Waals surface area (Å²) in [6.07, 6.45) is 0.191. The molecular formula is C29H40N6O6. The highest BCUT2D eigenvalue weighted by atomic mass is 16.5. The first-order chi connectivity index (χ1) is 19.8. The SMILES string of the molecule is NCCCC[C@H](NC(=O)[C@H](CCC(=O)NCCN)NC(=O)OCc1ccccc1)C(=O)C(=O)NCc1ccccc1. The molecule has 0 saturated heterocycles. The maximum Gasteiger partial charge on any atom is 0.408 e. The summed E-state index contributed by atoms with van der Waals surface area (Å²) in [6, 6.07) is 15.7. The summed E-state index contributed by atoms with van der Waals surface area (Å²) >= 11 is 0. The summed E-state index contributed by atoms with van der Waals surface area (Å²) in [5.74, 6) is -2.75. The van der Waals surface area contributed by atoms with Gasteiger partial charge in [-0.2, -0.15) is 0 Å². The number of ether oxygens (including phenoxy) is 1. The van der Waals surface area contributed by atoms with Crippen LogP contribution in [0.3, 0.4) is 0 Å². The van der Waals surface area contributed by atoms with Gasteiger partial charge in [0.25, 0.3) is 5.91 Å². The quantitative estimate of drug-likeness (QED) is 0.111. The number of carbonyl (C=O) groups is 5. The summed E-state index contributed by atoms with van der Waals surface area (Å²) in [5.41, 5.74) is 12.6. The van der Waals surface area contributed by atoms with E-state index in [-0.39, 0.29) is 51.4 Å². The summed E-state index contributed by atoms with van der Waals surface area (Å²) in [5, 5.41) is 10.2. The second-order valence-electron chi connectivity index (χ2n) is 9.31. The summed E-state index contributed by atoms with van der Waals surface area (Å²) in [4.78, 5) is 63.7. The number of nitrogens with one attached hydrogen (secondary N) is 4. The van der Waals surface area contributed by atoms with Crippen molar-refractivity contribution in [1.29, 1.82) is 0 Å². The summed E-state index contributed by atoms with van der Waals surface area (Å²) < 4.78 is 5.23. The Morgan fingerprint density at radius 1 is 0.732 bits per heavy atom. The molecule has 2 aromatic carbocycles. The van der Waals surface area contributed by atoms with Gasteiger partial charge in [-0.1, -0.05) is 60.7 Å². The molecule has 12 nitrogen and oxygen atoms in total. The van der Waals surface area contributed by atoms with Crippen LogP contribution in [0.2, 0.25) is 0 Å². The largest absolute Gasteiger partial charge is 0.445 e. The van der Waals surface area contributed by atoms with Gasteiger partial charge in [0, 0.05) is 26.1 Å². The second kappa shape index (κ2) is 18.9. The average Bonchev–Trinajstić information content (AvgIpc) is 2.99. The number of carbonyl (C=O) groups excluding carboxylic acids is 5. The molecule has 0 bridgehead atoms. The highest BCUT2D eigenvalue weighted by molar-refractivity contribution is 6.38. The van der Waals surface area contributed by atoms with E-state index in [0.29, 0.717) is 19.4 Å². The van der Waals surface area contributed by atoms with Crippen molar-refractivity contribution in [3.05, 3.63) is 71.8 Å². The predicted octanol–water partition coefficient (Wildman–Crippen LogP) is 0.636. The molecule has 0 aromatic heterocycles. The summed E-state index contributed by atoms with van der Waals surface area (Å²) in [6.45, 7) is 1.01. The Labute approximate surface area is 239 Å². The fraction of sp³-hybridized carbons (Fsp3) is 0.414.